The summed E-state index contributed by atoms with van der Waals surface area (Å²) in [6, 6.07) is 0. The predicted octanol–water partition coefficient (Wildman–Crippen LogP) is 17.8. The Kier molecular flexibility index (Phi) is 50.0. The summed E-state index contributed by atoms with van der Waals surface area (Å²) in [6.45, 7) is 6.41. The molecule has 1 atom stereocenters. The SMILES string of the molecule is CC/C=C\C/C=C\C/C=C\C/C=C\CCCCCCCCC(=O)OCC(COC(=O)CC/C=C\C/C=C\CCCCCCCC)OC(=O)CCCCCCCC/C=C\C=C/CCCCC. The van der Waals surface area contributed by atoms with Crippen LogP contribution in [0.5, 0.6) is 0 Å². The number of unbranched alkanes of at least 4 members (excludes halogenated alkanes) is 21. The molecule has 6 nitrogen and oxygen atoms in total. The lowest BCUT2D eigenvalue weighted by Crippen LogP contribution is -2.30. The standard InChI is InChI=1S/C59H98O6/c1-4-7-10-13-16-19-22-25-27-28-29-30-32-34-37-40-43-46-49-52-58(61)64-55-56(54-63-57(60)51-48-45-42-39-36-33-24-21-18-15-12-9-6-3)65-59(62)53-50-47-44-41-38-35-31-26-23-20-17-14-11-8-5-2/h7,10,16-17,19-20,23,25-27,29-30,33,36,42,45,56H,4-6,8-9,11-15,18,21-22,24,28,31-32,34-35,37-41,43-44,46-55H2,1-3H3/b10-7-,19-16-,20-17-,26-23-,27-25-,30-29-,36-33-,45-42-. The van der Waals surface area contributed by atoms with Crippen LogP contribution in [0.2, 0.25) is 0 Å². The topological polar surface area (TPSA) is 78.9 Å². The fourth-order valence-electron chi connectivity index (χ4n) is 7.06. The molecular formula is C59H98O6. The van der Waals surface area contributed by atoms with Crippen LogP contribution >= 0.6 is 0 Å². The number of ether oxygens (including phenoxy) is 3. The van der Waals surface area contributed by atoms with Gasteiger partial charge < -0.3 is 14.2 Å². The van der Waals surface area contributed by atoms with Gasteiger partial charge in [0.25, 0.3) is 0 Å². The Morgan fingerprint density at radius 1 is 0.338 bits per heavy atom. The first-order chi connectivity index (χ1) is 32.0. The van der Waals surface area contributed by atoms with Crippen molar-refractivity contribution in [3.63, 3.8) is 0 Å². The molecule has 0 aliphatic carbocycles. The maximum atomic E-state index is 12.8. The average molecular weight is 903 g/mol. The molecule has 0 heterocycles. The fourth-order valence-corrected chi connectivity index (χ4v) is 7.06. The van der Waals surface area contributed by atoms with Crippen molar-refractivity contribution in [3.8, 4) is 0 Å². The normalized spacial score (nSPS) is 12.8. The number of rotatable bonds is 47. The summed E-state index contributed by atoms with van der Waals surface area (Å²) in [5, 5.41) is 0. The summed E-state index contributed by atoms with van der Waals surface area (Å²) < 4.78 is 16.7. The van der Waals surface area contributed by atoms with Crippen LogP contribution in [0.3, 0.4) is 0 Å². The van der Waals surface area contributed by atoms with Gasteiger partial charge in [0.15, 0.2) is 6.10 Å². The third-order valence-corrected chi connectivity index (χ3v) is 11.1. The number of hydrogen-bond donors (Lipinski definition) is 0. The summed E-state index contributed by atoms with van der Waals surface area (Å²) in [7, 11) is 0. The molecule has 6 heteroatoms. The molecule has 0 aromatic heterocycles. The minimum atomic E-state index is -0.813. The van der Waals surface area contributed by atoms with Gasteiger partial charge in [0.2, 0.25) is 0 Å². The Hall–Kier alpha value is -3.67. The first-order valence-electron chi connectivity index (χ1n) is 26.8. The number of esters is 3. The number of hydrogen-bond acceptors (Lipinski definition) is 6. The van der Waals surface area contributed by atoms with E-state index in [2.05, 4.69) is 112 Å². The van der Waals surface area contributed by atoms with Crippen molar-refractivity contribution in [3.05, 3.63) is 97.2 Å². The average Bonchev–Trinajstić information content (AvgIpc) is 3.30. The van der Waals surface area contributed by atoms with Crippen LogP contribution in [-0.4, -0.2) is 37.2 Å². The molecule has 0 rings (SSSR count). The molecule has 0 bridgehead atoms. The quantitative estimate of drug-likeness (QED) is 0.0199. The van der Waals surface area contributed by atoms with Gasteiger partial charge in [-0.05, 0) is 103 Å². The molecule has 0 saturated heterocycles. The molecule has 0 fully saturated rings. The molecule has 0 aliphatic rings. The molecule has 370 valence electrons. The van der Waals surface area contributed by atoms with Gasteiger partial charge in [0, 0.05) is 19.3 Å². The largest absolute Gasteiger partial charge is 0.462 e. The summed E-state index contributed by atoms with van der Waals surface area (Å²) in [6.07, 6.45) is 69.7. The first kappa shape index (κ1) is 61.3. The Labute approximate surface area is 400 Å². The van der Waals surface area contributed by atoms with E-state index in [4.69, 9.17) is 14.2 Å². The highest BCUT2D eigenvalue weighted by atomic mass is 16.6. The van der Waals surface area contributed by atoms with E-state index in [-0.39, 0.29) is 37.5 Å². The summed E-state index contributed by atoms with van der Waals surface area (Å²) in [5.74, 6) is -1.00. The zero-order valence-electron chi connectivity index (χ0n) is 42.2. The maximum absolute atomic E-state index is 12.8. The van der Waals surface area contributed by atoms with Crippen molar-refractivity contribution in [2.24, 2.45) is 0 Å². The molecule has 65 heavy (non-hydrogen) atoms. The molecule has 0 radical (unpaired) electrons. The number of allylic oxidation sites excluding steroid dienone is 16. The fraction of sp³-hybridized carbons (Fsp3) is 0.678. The van der Waals surface area contributed by atoms with Gasteiger partial charge in [-0.3, -0.25) is 14.4 Å². The van der Waals surface area contributed by atoms with E-state index >= 15 is 0 Å². The lowest BCUT2D eigenvalue weighted by atomic mass is 10.1. The minimum Gasteiger partial charge on any atom is -0.462 e. The predicted molar refractivity (Wildman–Crippen MR) is 279 cm³/mol. The zero-order valence-corrected chi connectivity index (χ0v) is 42.2. The summed E-state index contributed by atoms with van der Waals surface area (Å²) >= 11 is 0. The molecular weight excluding hydrogens is 805 g/mol. The molecule has 0 N–H and O–H groups in total. The molecule has 0 saturated carbocycles. The van der Waals surface area contributed by atoms with E-state index in [0.29, 0.717) is 19.3 Å². The first-order valence-corrected chi connectivity index (χ1v) is 26.8. The van der Waals surface area contributed by atoms with Crippen molar-refractivity contribution in [2.75, 3.05) is 13.2 Å². The molecule has 1 unspecified atom stereocenters. The van der Waals surface area contributed by atoms with Crippen LogP contribution in [-0.2, 0) is 28.6 Å². The second-order valence-electron chi connectivity index (χ2n) is 17.4. The van der Waals surface area contributed by atoms with E-state index in [1.165, 1.54) is 89.9 Å². The zero-order chi connectivity index (χ0) is 47.2. The van der Waals surface area contributed by atoms with Crippen molar-refractivity contribution in [2.45, 2.75) is 245 Å². The van der Waals surface area contributed by atoms with Gasteiger partial charge in [0.1, 0.15) is 13.2 Å². The van der Waals surface area contributed by atoms with Crippen molar-refractivity contribution >= 4 is 17.9 Å². The molecule has 0 spiro atoms. The van der Waals surface area contributed by atoms with Crippen molar-refractivity contribution in [1.29, 1.82) is 0 Å². The Bertz CT molecular complexity index is 1310. The van der Waals surface area contributed by atoms with Crippen LogP contribution in [0, 0.1) is 0 Å². The van der Waals surface area contributed by atoms with Gasteiger partial charge in [0.05, 0.1) is 0 Å². The highest BCUT2D eigenvalue weighted by molar-refractivity contribution is 5.71. The van der Waals surface area contributed by atoms with Crippen molar-refractivity contribution in [1.82, 2.24) is 0 Å². The van der Waals surface area contributed by atoms with E-state index in [1.54, 1.807) is 0 Å². The van der Waals surface area contributed by atoms with Gasteiger partial charge >= 0.3 is 17.9 Å². The van der Waals surface area contributed by atoms with Gasteiger partial charge in [-0.1, -0.05) is 214 Å². The summed E-state index contributed by atoms with van der Waals surface area (Å²) in [5.41, 5.74) is 0. The molecule has 0 aliphatic heterocycles. The lowest BCUT2D eigenvalue weighted by Gasteiger charge is -2.18. The molecule has 0 amide bonds. The van der Waals surface area contributed by atoms with Crippen LogP contribution in [0.15, 0.2) is 97.2 Å². The number of carbonyl (C=O) groups excluding carboxylic acids is 3. The molecule has 0 aromatic carbocycles. The minimum absolute atomic E-state index is 0.108. The van der Waals surface area contributed by atoms with E-state index in [9.17, 15) is 14.4 Å². The smallest absolute Gasteiger partial charge is 0.306 e. The Morgan fingerprint density at radius 3 is 1.15 bits per heavy atom. The second kappa shape index (κ2) is 52.9. The van der Waals surface area contributed by atoms with Crippen LogP contribution in [0.1, 0.15) is 239 Å². The van der Waals surface area contributed by atoms with Crippen LogP contribution < -0.4 is 0 Å². The van der Waals surface area contributed by atoms with Gasteiger partial charge in [-0.25, -0.2) is 0 Å². The Balaban J connectivity index is 4.48. The summed E-state index contributed by atoms with van der Waals surface area (Å²) in [4.78, 5) is 38.0. The van der Waals surface area contributed by atoms with Crippen LogP contribution in [0.4, 0.5) is 0 Å². The van der Waals surface area contributed by atoms with E-state index < -0.39 is 6.10 Å². The van der Waals surface area contributed by atoms with E-state index in [1.807, 2.05) is 6.08 Å². The van der Waals surface area contributed by atoms with Crippen LogP contribution in [0.25, 0.3) is 0 Å². The molecule has 0 aromatic rings. The van der Waals surface area contributed by atoms with Crippen molar-refractivity contribution < 1.29 is 28.6 Å². The van der Waals surface area contributed by atoms with Gasteiger partial charge in [-0.2, -0.15) is 0 Å². The third kappa shape index (κ3) is 51.2. The lowest BCUT2D eigenvalue weighted by molar-refractivity contribution is -0.166. The van der Waals surface area contributed by atoms with Gasteiger partial charge in [-0.15, -0.1) is 0 Å². The van der Waals surface area contributed by atoms with E-state index in [0.717, 1.165) is 103 Å². The highest BCUT2D eigenvalue weighted by Gasteiger charge is 2.19. The third-order valence-electron chi connectivity index (χ3n) is 11.1. The monoisotopic (exact) mass is 903 g/mol. The Morgan fingerprint density at radius 2 is 0.677 bits per heavy atom. The maximum Gasteiger partial charge on any atom is 0.306 e. The second-order valence-corrected chi connectivity index (χ2v) is 17.4. The highest BCUT2D eigenvalue weighted by Crippen LogP contribution is 2.13. The number of carbonyl (C=O) groups is 3.